The molecule has 5 nitrogen and oxygen atoms in total. The standard InChI is InChI=1S/C29H26ClNO4/c1-35-28-16-20(11-14-25(28)27(32)8-4-5-19-9-12-22(30)13-10-19)15-26-24-7-3-2-6-23(24)21(18-31-26)17-29(33)34/h2-3,6-7,9-14,16,18H,4-5,8,15,17H2,1H3,(H,33,34). The summed E-state index contributed by atoms with van der Waals surface area (Å²) in [7, 11) is 1.57. The summed E-state index contributed by atoms with van der Waals surface area (Å²) < 4.78 is 5.55. The average molecular weight is 488 g/mol. The zero-order valence-corrected chi connectivity index (χ0v) is 20.2. The summed E-state index contributed by atoms with van der Waals surface area (Å²) in [6.07, 6.45) is 4.08. The molecular weight excluding hydrogens is 462 g/mol. The summed E-state index contributed by atoms with van der Waals surface area (Å²) in [5.41, 5.74) is 4.22. The van der Waals surface area contributed by atoms with Crippen molar-refractivity contribution in [3.05, 3.63) is 106 Å². The molecule has 0 aliphatic carbocycles. The lowest BCUT2D eigenvalue weighted by Crippen LogP contribution is -2.05. The van der Waals surface area contributed by atoms with Crippen molar-refractivity contribution in [3.63, 3.8) is 0 Å². The van der Waals surface area contributed by atoms with Gasteiger partial charge in [-0.05, 0) is 59.2 Å². The Morgan fingerprint density at radius 2 is 1.69 bits per heavy atom. The molecule has 0 radical (unpaired) electrons. The fourth-order valence-electron chi connectivity index (χ4n) is 4.26. The van der Waals surface area contributed by atoms with Crippen LogP contribution in [0.1, 0.15) is 45.6 Å². The third-order valence-corrected chi connectivity index (χ3v) is 6.27. The number of Topliss-reactive ketones (excluding diaryl/α,β-unsaturated/α-hetero) is 1. The quantitative estimate of drug-likeness (QED) is 0.265. The third-order valence-electron chi connectivity index (χ3n) is 6.02. The van der Waals surface area contributed by atoms with E-state index in [1.54, 1.807) is 13.3 Å². The maximum atomic E-state index is 12.9. The van der Waals surface area contributed by atoms with Crippen LogP contribution in [0.25, 0.3) is 10.8 Å². The van der Waals surface area contributed by atoms with Crippen molar-refractivity contribution >= 4 is 34.1 Å². The summed E-state index contributed by atoms with van der Waals surface area (Å²) in [5, 5.41) is 11.7. The molecule has 0 amide bonds. The number of halogens is 1. The second-order valence-electron chi connectivity index (χ2n) is 8.46. The molecule has 0 unspecified atom stereocenters. The Morgan fingerprint density at radius 1 is 0.971 bits per heavy atom. The largest absolute Gasteiger partial charge is 0.496 e. The molecule has 4 aromatic rings. The second-order valence-corrected chi connectivity index (χ2v) is 8.90. The summed E-state index contributed by atoms with van der Waals surface area (Å²) >= 11 is 5.93. The van der Waals surface area contributed by atoms with Gasteiger partial charge in [0.1, 0.15) is 5.75 Å². The molecule has 0 atom stereocenters. The van der Waals surface area contributed by atoms with Crippen LogP contribution in [0.2, 0.25) is 5.02 Å². The molecule has 0 saturated carbocycles. The fourth-order valence-corrected chi connectivity index (χ4v) is 4.39. The van der Waals surface area contributed by atoms with E-state index in [1.165, 1.54) is 0 Å². The topological polar surface area (TPSA) is 76.5 Å². The molecule has 0 aliphatic heterocycles. The lowest BCUT2D eigenvalue weighted by Gasteiger charge is -2.12. The number of aryl methyl sites for hydroxylation is 1. The molecule has 35 heavy (non-hydrogen) atoms. The molecule has 0 spiro atoms. The van der Waals surface area contributed by atoms with Gasteiger partial charge in [0.15, 0.2) is 5.78 Å². The zero-order valence-electron chi connectivity index (χ0n) is 19.5. The Kier molecular flexibility index (Phi) is 7.78. The molecule has 4 rings (SSSR count). The Morgan fingerprint density at radius 3 is 2.40 bits per heavy atom. The maximum absolute atomic E-state index is 12.9. The first-order chi connectivity index (χ1) is 16.9. The number of benzene rings is 3. The summed E-state index contributed by atoms with van der Waals surface area (Å²) in [4.78, 5) is 28.7. The number of hydrogen-bond acceptors (Lipinski definition) is 4. The number of rotatable bonds is 10. The smallest absolute Gasteiger partial charge is 0.307 e. The highest BCUT2D eigenvalue weighted by Gasteiger charge is 2.15. The molecule has 1 heterocycles. The van der Waals surface area contributed by atoms with Gasteiger partial charge in [-0.25, -0.2) is 0 Å². The minimum Gasteiger partial charge on any atom is -0.496 e. The van der Waals surface area contributed by atoms with Crippen LogP contribution in [0.3, 0.4) is 0 Å². The molecule has 1 aromatic heterocycles. The van der Waals surface area contributed by atoms with Gasteiger partial charge in [-0.1, -0.05) is 54.1 Å². The van der Waals surface area contributed by atoms with Gasteiger partial charge in [0, 0.05) is 29.4 Å². The second kappa shape index (κ2) is 11.2. The van der Waals surface area contributed by atoms with Crippen molar-refractivity contribution in [3.8, 4) is 5.75 Å². The van der Waals surface area contributed by atoms with E-state index in [9.17, 15) is 14.7 Å². The van der Waals surface area contributed by atoms with E-state index in [2.05, 4.69) is 4.98 Å². The van der Waals surface area contributed by atoms with Crippen LogP contribution in [0.4, 0.5) is 0 Å². The highest BCUT2D eigenvalue weighted by Crippen LogP contribution is 2.27. The van der Waals surface area contributed by atoms with Gasteiger partial charge < -0.3 is 9.84 Å². The van der Waals surface area contributed by atoms with Crippen LogP contribution < -0.4 is 4.74 Å². The molecule has 0 bridgehead atoms. The number of ketones is 1. The molecule has 1 N–H and O–H groups in total. The summed E-state index contributed by atoms with van der Waals surface area (Å²) in [5.74, 6) is -0.294. The van der Waals surface area contributed by atoms with E-state index in [0.717, 1.165) is 40.4 Å². The van der Waals surface area contributed by atoms with E-state index >= 15 is 0 Å². The monoisotopic (exact) mass is 487 g/mol. The van der Waals surface area contributed by atoms with Gasteiger partial charge >= 0.3 is 5.97 Å². The minimum absolute atomic E-state index is 0.0453. The van der Waals surface area contributed by atoms with Crippen molar-refractivity contribution < 1.29 is 19.4 Å². The number of ether oxygens (including phenoxy) is 1. The first kappa shape index (κ1) is 24.4. The van der Waals surface area contributed by atoms with Crippen molar-refractivity contribution in [1.82, 2.24) is 4.98 Å². The Bertz CT molecular complexity index is 1370. The van der Waals surface area contributed by atoms with Gasteiger partial charge in [0.2, 0.25) is 0 Å². The number of pyridine rings is 1. The minimum atomic E-state index is -0.886. The number of hydrogen-bond donors (Lipinski definition) is 1. The molecule has 6 heteroatoms. The predicted octanol–water partition coefficient (Wildman–Crippen LogP) is 6.32. The van der Waals surface area contributed by atoms with E-state index < -0.39 is 5.97 Å². The number of aliphatic carboxylic acids is 1. The number of carbonyl (C=O) groups excluding carboxylic acids is 1. The summed E-state index contributed by atoms with van der Waals surface area (Å²) in [6, 6.07) is 21.0. The van der Waals surface area contributed by atoms with Crippen molar-refractivity contribution in [2.45, 2.75) is 32.1 Å². The van der Waals surface area contributed by atoms with E-state index in [1.807, 2.05) is 66.7 Å². The highest BCUT2D eigenvalue weighted by atomic mass is 35.5. The Labute approximate surface area is 209 Å². The number of carboxylic acid groups (broad SMARTS) is 1. The average Bonchev–Trinajstić information content (AvgIpc) is 2.86. The van der Waals surface area contributed by atoms with Crippen molar-refractivity contribution in [2.75, 3.05) is 7.11 Å². The number of fused-ring (bicyclic) bond motifs is 1. The predicted molar refractivity (Wildman–Crippen MR) is 138 cm³/mol. The SMILES string of the molecule is COc1cc(Cc2ncc(CC(=O)O)c3ccccc23)ccc1C(=O)CCCc1ccc(Cl)cc1. The number of nitrogens with zero attached hydrogens (tertiary/aromatic N) is 1. The number of aromatic nitrogens is 1. The Hall–Kier alpha value is -3.70. The van der Waals surface area contributed by atoms with Gasteiger partial charge in [0.05, 0.1) is 24.8 Å². The van der Waals surface area contributed by atoms with Crippen LogP contribution in [0, 0.1) is 0 Å². The number of carbonyl (C=O) groups is 2. The van der Waals surface area contributed by atoms with Crippen molar-refractivity contribution in [1.29, 1.82) is 0 Å². The fraction of sp³-hybridized carbons (Fsp3) is 0.207. The van der Waals surface area contributed by atoms with Crippen LogP contribution in [-0.2, 0) is 24.1 Å². The van der Waals surface area contributed by atoms with Gasteiger partial charge in [-0.15, -0.1) is 0 Å². The normalized spacial score (nSPS) is 10.9. The Balaban J connectivity index is 1.49. The van der Waals surface area contributed by atoms with Crippen LogP contribution in [0.15, 0.2) is 72.9 Å². The van der Waals surface area contributed by atoms with Crippen LogP contribution >= 0.6 is 11.6 Å². The maximum Gasteiger partial charge on any atom is 0.307 e. The van der Waals surface area contributed by atoms with E-state index in [4.69, 9.17) is 16.3 Å². The number of carboxylic acids is 1. The zero-order chi connectivity index (χ0) is 24.8. The van der Waals surface area contributed by atoms with Crippen LogP contribution in [0.5, 0.6) is 5.75 Å². The molecule has 0 fully saturated rings. The summed E-state index contributed by atoms with van der Waals surface area (Å²) in [6.45, 7) is 0. The van der Waals surface area contributed by atoms with Crippen molar-refractivity contribution in [2.24, 2.45) is 0 Å². The van der Waals surface area contributed by atoms with Gasteiger partial charge in [-0.2, -0.15) is 0 Å². The third kappa shape index (κ3) is 6.06. The van der Waals surface area contributed by atoms with E-state index in [-0.39, 0.29) is 12.2 Å². The molecule has 0 aliphatic rings. The first-order valence-electron chi connectivity index (χ1n) is 11.5. The molecule has 178 valence electrons. The first-order valence-corrected chi connectivity index (χ1v) is 11.8. The van der Waals surface area contributed by atoms with Gasteiger partial charge in [-0.3, -0.25) is 14.6 Å². The molecule has 3 aromatic carbocycles. The molecule has 0 saturated heterocycles. The molecular formula is C29H26ClNO4. The lowest BCUT2D eigenvalue weighted by molar-refractivity contribution is -0.136. The van der Waals surface area contributed by atoms with Gasteiger partial charge in [0.25, 0.3) is 0 Å². The van der Waals surface area contributed by atoms with E-state index in [0.29, 0.717) is 34.7 Å². The number of methoxy groups -OCH3 is 1. The van der Waals surface area contributed by atoms with Crippen LogP contribution in [-0.4, -0.2) is 29.0 Å². The highest BCUT2D eigenvalue weighted by molar-refractivity contribution is 6.30. The lowest BCUT2D eigenvalue weighted by atomic mass is 9.97.